The molecule has 18 heavy (non-hydrogen) atoms. The highest BCUT2D eigenvalue weighted by molar-refractivity contribution is 6.20. The molecule has 0 saturated carbocycles. The van der Waals surface area contributed by atoms with Crippen LogP contribution in [0.2, 0.25) is 0 Å². The first kappa shape index (κ1) is 15.0. The van der Waals surface area contributed by atoms with E-state index in [4.69, 9.17) is 11.6 Å². The summed E-state index contributed by atoms with van der Waals surface area (Å²) in [6.45, 7) is 4.58. The highest BCUT2D eigenvalue weighted by Crippen LogP contribution is 2.10. The Bertz CT molecular complexity index is 395. The average Bonchev–Trinajstić information content (AvgIpc) is 2.29. The molecule has 0 saturated heterocycles. The van der Waals surface area contributed by atoms with Crippen molar-refractivity contribution in [3.8, 4) is 0 Å². The van der Waals surface area contributed by atoms with Gasteiger partial charge in [-0.25, -0.2) is 4.39 Å². The summed E-state index contributed by atoms with van der Waals surface area (Å²) in [5, 5.41) is 2.65. The van der Waals surface area contributed by atoms with Gasteiger partial charge in [0.2, 0.25) is 5.91 Å². The molecule has 0 spiro atoms. The molecule has 0 heterocycles. The standard InChI is InChI=1S/C14H19ClFNO/c1-10(2)7-12(15)9-17-14(18)8-11-5-3-4-6-13(11)16/h3-6,10,12H,7-9H2,1-2H3,(H,17,18). The van der Waals surface area contributed by atoms with Gasteiger partial charge >= 0.3 is 0 Å². The summed E-state index contributed by atoms with van der Waals surface area (Å²) in [7, 11) is 0. The van der Waals surface area contributed by atoms with Gasteiger partial charge in [0.05, 0.1) is 11.8 Å². The molecule has 1 rings (SSSR count). The van der Waals surface area contributed by atoms with E-state index in [0.717, 1.165) is 6.42 Å². The van der Waals surface area contributed by atoms with Crippen LogP contribution in [0.15, 0.2) is 24.3 Å². The predicted molar refractivity (Wildman–Crippen MR) is 72.2 cm³/mol. The fourth-order valence-corrected chi connectivity index (χ4v) is 2.13. The Hall–Kier alpha value is -1.09. The summed E-state index contributed by atoms with van der Waals surface area (Å²) in [4.78, 5) is 11.6. The third-order valence-corrected chi connectivity index (χ3v) is 2.89. The number of carbonyl (C=O) groups excluding carboxylic acids is 1. The first-order valence-corrected chi connectivity index (χ1v) is 6.57. The van der Waals surface area contributed by atoms with Crippen LogP contribution >= 0.6 is 11.6 Å². The summed E-state index contributed by atoms with van der Waals surface area (Å²) in [6.07, 6.45) is 0.902. The van der Waals surface area contributed by atoms with Gasteiger partial charge in [-0.1, -0.05) is 32.0 Å². The molecular formula is C14H19ClFNO. The van der Waals surface area contributed by atoms with Crippen molar-refractivity contribution in [3.63, 3.8) is 0 Å². The number of carbonyl (C=O) groups is 1. The molecule has 2 nitrogen and oxygen atoms in total. The van der Waals surface area contributed by atoms with Gasteiger partial charge < -0.3 is 5.32 Å². The number of amides is 1. The molecule has 0 aromatic heterocycles. The normalized spacial score (nSPS) is 12.5. The van der Waals surface area contributed by atoms with Gasteiger partial charge in [0.1, 0.15) is 5.82 Å². The lowest BCUT2D eigenvalue weighted by molar-refractivity contribution is -0.120. The molecule has 0 aliphatic heterocycles. The van der Waals surface area contributed by atoms with E-state index in [1.54, 1.807) is 18.2 Å². The second-order valence-corrected chi connectivity index (χ2v) is 5.42. The highest BCUT2D eigenvalue weighted by atomic mass is 35.5. The van der Waals surface area contributed by atoms with Crippen molar-refractivity contribution in [2.75, 3.05) is 6.54 Å². The van der Waals surface area contributed by atoms with E-state index >= 15 is 0 Å². The summed E-state index contributed by atoms with van der Waals surface area (Å²) in [6, 6.07) is 6.29. The molecule has 0 fully saturated rings. The van der Waals surface area contributed by atoms with Crippen molar-refractivity contribution in [1.29, 1.82) is 0 Å². The number of nitrogens with one attached hydrogen (secondary N) is 1. The van der Waals surface area contributed by atoms with E-state index in [2.05, 4.69) is 19.2 Å². The Morgan fingerprint density at radius 2 is 2.06 bits per heavy atom. The molecule has 1 N–H and O–H groups in total. The van der Waals surface area contributed by atoms with E-state index in [0.29, 0.717) is 18.0 Å². The molecule has 1 aromatic carbocycles. The Kier molecular flexibility index (Phi) is 6.13. The number of rotatable bonds is 6. The maximum atomic E-state index is 13.3. The van der Waals surface area contributed by atoms with Gasteiger partial charge in [-0.15, -0.1) is 11.6 Å². The van der Waals surface area contributed by atoms with E-state index in [1.165, 1.54) is 6.07 Å². The van der Waals surface area contributed by atoms with Gasteiger partial charge in [-0.2, -0.15) is 0 Å². The van der Waals surface area contributed by atoms with Crippen LogP contribution in [0.3, 0.4) is 0 Å². The molecule has 0 radical (unpaired) electrons. The largest absolute Gasteiger partial charge is 0.354 e. The molecule has 1 atom stereocenters. The van der Waals surface area contributed by atoms with Crippen LogP contribution < -0.4 is 5.32 Å². The van der Waals surface area contributed by atoms with Crippen LogP contribution in [0, 0.1) is 11.7 Å². The third kappa shape index (κ3) is 5.50. The van der Waals surface area contributed by atoms with Crippen molar-refractivity contribution < 1.29 is 9.18 Å². The topological polar surface area (TPSA) is 29.1 Å². The monoisotopic (exact) mass is 271 g/mol. The lowest BCUT2D eigenvalue weighted by Gasteiger charge is -2.13. The molecular weight excluding hydrogens is 253 g/mol. The molecule has 100 valence electrons. The molecule has 1 aromatic rings. The van der Waals surface area contributed by atoms with Crippen molar-refractivity contribution in [1.82, 2.24) is 5.32 Å². The van der Waals surface area contributed by atoms with Gasteiger partial charge in [-0.3, -0.25) is 4.79 Å². The Morgan fingerprint density at radius 1 is 1.39 bits per heavy atom. The summed E-state index contributed by atoms with van der Waals surface area (Å²) < 4.78 is 13.3. The minimum atomic E-state index is -0.350. The summed E-state index contributed by atoms with van der Waals surface area (Å²) in [5.41, 5.74) is 0.407. The van der Waals surface area contributed by atoms with Crippen molar-refractivity contribution in [2.24, 2.45) is 5.92 Å². The van der Waals surface area contributed by atoms with Crippen molar-refractivity contribution in [2.45, 2.75) is 32.1 Å². The van der Waals surface area contributed by atoms with Crippen LogP contribution in [-0.2, 0) is 11.2 Å². The Morgan fingerprint density at radius 3 is 2.67 bits per heavy atom. The zero-order valence-electron chi connectivity index (χ0n) is 10.7. The lowest BCUT2D eigenvalue weighted by Crippen LogP contribution is -2.31. The van der Waals surface area contributed by atoms with Crippen LogP contribution in [0.1, 0.15) is 25.8 Å². The fourth-order valence-electron chi connectivity index (χ4n) is 1.70. The smallest absolute Gasteiger partial charge is 0.224 e. The molecule has 0 aliphatic rings. The Labute approximate surface area is 113 Å². The Balaban J connectivity index is 2.36. The fraction of sp³-hybridized carbons (Fsp3) is 0.500. The van der Waals surface area contributed by atoms with E-state index in [1.807, 2.05) is 0 Å². The first-order chi connectivity index (χ1) is 8.49. The van der Waals surface area contributed by atoms with Crippen LogP contribution in [0.5, 0.6) is 0 Å². The maximum absolute atomic E-state index is 13.3. The highest BCUT2D eigenvalue weighted by Gasteiger charge is 2.11. The minimum Gasteiger partial charge on any atom is -0.354 e. The zero-order valence-corrected chi connectivity index (χ0v) is 11.5. The second kappa shape index (κ2) is 7.37. The molecule has 0 aliphatic carbocycles. The number of hydrogen-bond acceptors (Lipinski definition) is 1. The number of benzene rings is 1. The van der Waals surface area contributed by atoms with Crippen molar-refractivity contribution in [3.05, 3.63) is 35.6 Å². The number of halogens is 2. The second-order valence-electron chi connectivity index (χ2n) is 4.80. The van der Waals surface area contributed by atoms with E-state index < -0.39 is 0 Å². The van der Waals surface area contributed by atoms with Gasteiger partial charge in [-0.05, 0) is 24.0 Å². The minimum absolute atomic E-state index is 0.0535. The maximum Gasteiger partial charge on any atom is 0.224 e. The molecule has 1 amide bonds. The van der Waals surface area contributed by atoms with Crippen molar-refractivity contribution >= 4 is 17.5 Å². The number of alkyl halides is 1. The SMILES string of the molecule is CC(C)CC(Cl)CNC(=O)Cc1ccccc1F. The summed E-state index contributed by atoms with van der Waals surface area (Å²) in [5.74, 6) is -0.0530. The predicted octanol–water partition coefficient (Wildman–Crippen LogP) is 3.14. The van der Waals surface area contributed by atoms with Gasteiger partial charge in [0, 0.05) is 6.54 Å². The van der Waals surface area contributed by atoms with Crippen LogP contribution in [0.4, 0.5) is 4.39 Å². The molecule has 1 unspecified atom stereocenters. The van der Waals surface area contributed by atoms with Gasteiger partial charge in [0.25, 0.3) is 0 Å². The van der Waals surface area contributed by atoms with Crippen LogP contribution in [0.25, 0.3) is 0 Å². The van der Waals surface area contributed by atoms with Gasteiger partial charge in [0.15, 0.2) is 0 Å². The van der Waals surface area contributed by atoms with E-state index in [9.17, 15) is 9.18 Å². The first-order valence-electron chi connectivity index (χ1n) is 6.13. The summed E-state index contributed by atoms with van der Waals surface area (Å²) >= 11 is 6.07. The van der Waals surface area contributed by atoms with E-state index in [-0.39, 0.29) is 23.5 Å². The average molecular weight is 272 g/mol. The zero-order chi connectivity index (χ0) is 13.5. The van der Waals surface area contributed by atoms with Crippen LogP contribution in [-0.4, -0.2) is 17.8 Å². The third-order valence-electron chi connectivity index (χ3n) is 2.56. The molecule has 4 heteroatoms. The molecule has 0 bridgehead atoms. The quantitative estimate of drug-likeness (QED) is 0.792. The number of hydrogen-bond donors (Lipinski definition) is 1. The lowest BCUT2D eigenvalue weighted by atomic mass is 10.1.